The minimum absolute atomic E-state index is 0.590. The summed E-state index contributed by atoms with van der Waals surface area (Å²) in [6, 6.07) is 11.4. The molecule has 1 aliphatic rings. The Morgan fingerprint density at radius 1 is 0.765 bits per heavy atom. The van der Waals surface area contributed by atoms with Crippen molar-refractivity contribution in [2.75, 3.05) is 0 Å². The van der Waals surface area contributed by atoms with E-state index >= 15 is 0 Å². The summed E-state index contributed by atoms with van der Waals surface area (Å²) in [6.07, 6.45) is 26.3. The van der Waals surface area contributed by atoms with Crippen molar-refractivity contribution in [1.82, 2.24) is 4.98 Å². The minimum Gasteiger partial charge on any atom is -0.264 e. The van der Waals surface area contributed by atoms with Crippen LogP contribution in [0.4, 0.5) is 0 Å². The van der Waals surface area contributed by atoms with Crippen LogP contribution < -0.4 is 0 Å². The molecule has 0 N–H and O–H groups in total. The zero-order valence-electron chi connectivity index (χ0n) is 22.5. The summed E-state index contributed by atoms with van der Waals surface area (Å²) in [6.45, 7) is 7.08. The maximum absolute atomic E-state index is 4.59. The van der Waals surface area contributed by atoms with Gasteiger partial charge in [0.1, 0.15) is 0 Å². The molecule has 1 atom stereocenters. The van der Waals surface area contributed by atoms with Crippen LogP contribution in [0.1, 0.15) is 134 Å². The molecule has 1 unspecified atom stereocenters. The second-order valence-corrected chi connectivity index (χ2v) is 11.1. The molecule has 1 aromatic carbocycles. The molecule has 0 radical (unpaired) electrons. The number of benzene rings is 1. The first-order chi connectivity index (χ1) is 16.7. The Balaban J connectivity index is 1.60. The number of hydrogen-bond acceptors (Lipinski definition) is 1. The van der Waals surface area contributed by atoms with Crippen LogP contribution in [0, 0.1) is 11.8 Å². The Hall–Kier alpha value is -1.63. The number of nitrogens with zero attached hydrogens (tertiary/aromatic N) is 1. The highest BCUT2D eigenvalue weighted by Gasteiger charge is 2.27. The molecule has 1 saturated carbocycles. The quantitative estimate of drug-likeness (QED) is 0.240. The van der Waals surface area contributed by atoms with E-state index < -0.39 is 0 Å². The molecule has 1 heteroatoms. The van der Waals surface area contributed by atoms with Gasteiger partial charge in [0.25, 0.3) is 0 Å². The Bertz CT molecular complexity index is 802. The molecule has 34 heavy (non-hydrogen) atoms. The van der Waals surface area contributed by atoms with Crippen LogP contribution in [0.2, 0.25) is 0 Å². The first kappa shape index (κ1) is 27.0. The molecule has 1 heterocycles. The lowest BCUT2D eigenvalue weighted by molar-refractivity contribution is 0.236. The topological polar surface area (TPSA) is 12.9 Å². The summed E-state index contributed by atoms with van der Waals surface area (Å²) in [4.78, 5) is 4.59. The lowest BCUT2D eigenvalue weighted by atomic mass is 9.72. The van der Waals surface area contributed by atoms with Crippen molar-refractivity contribution in [1.29, 1.82) is 0 Å². The molecule has 1 aromatic heterocycles. The van der Waals surface area contributed by atoms with Crippen LogP contribution in [-0.4, -0.2) is 4.98 Å². The summed E-state index contributed by atoms with van der Waals surface area (Å²) >= 11 is 0. The average Bonchev–Trinajstić information content (AvgIpc) is 2.89. The molecule has 2 aromatic rings. The molecule has 0 bridgehead atoms. The van der Waals surface area contributed by atoms with Crippen LogP contribution in [-0.2, 0) is 6.42 Å². The fourth-order valence-electron chi connectivity index (χ4n) is 6.20. The Morgan fingerprint density at radius 2 is 1.44 bits per heavy atom. The van der Waals surface area contributed by atoms with Crippen molar-refractivity contribution in [3.8, 4) is 11.1 Å². The second kappa shape index (κ2) is 15.4. The fourth-order valence-corrected chi connectivity index (χ4v) is 6.20. The van der Waals surface area contributed by atoms with Crippen LogP contribution in [0.5, 0.6) is 0 Å². The zero-order valence-corrected chi connectivity index (χ0v) is 22.5. The van der Waals surface area contributed by atoms with Gasteiger partial charge in [0.2, 0.25) is 0 Å². The standard InChI is InChI=1S/C33H51N/c1-4-6-8-10-12-16-28-20-22-29(23-21-28)27(3)33-26-34-25-24-32(33)31-19-15-14-18-30(31)17-13-11-9-7-5-2/h14-15,18-19,24-29H,4-13,16-17,20-23H2,1-3H3. The second-order valence-electron chi connectivity index (χ2n) is 11.1. The van der Waals surface area contributed by atoms with E-state index in [1.54, 1.807) is 0 Å². The lowest BCUT2D eigenvalue weighted by Gasteiger charge is -2.33. The molecular weight excluding hydrogens is 410 g/mol. The van der Waals surface area contributed by atoms with Gasteiger partial charge in [-0.3, -0.25) is 4.98 Å². The van der Waals surface area contributed by atoms with E-state index in [-0.39, 0.29) is 0 Å². The molecule has 0 amide bonds. The van der Waals surface area contributed by atoms with E-state index in [2.05, 4.69) is 62.3 Å². The van der Waals surface area contributed by atoms with Gasteiger partial charge in [-0.1, -0.05) is 122 Å². The van der Waals surface area contributed by atoms with E-state index in [1.165, 1.54) is 125 Å². The Kier molecular flexibility index (Phi) is 12.2. The van der Waals surface area contributed by atoms with Gasteiger partial charge in [0.05, 0.1) is 0 Å². The summed E-state index contributed by atoms with van der Waals surface area (Å²) in [5.41, 5.74) is 5.88. The molecule has 188 valence electrons. The zero-order chi connectivity index (χ0) is 24.0. The van der Waals surface area contributed by atoms with E-state index in [0.29, 0.717) is 5.92 Å². The number of aryl methyl sites for hydroxylation is 1. The molecule has 0 saturated heterocycles. The number of pyridine rings is 1. The average molecular weight is 462 g/mol. The van der Waals surface area contributed by atoms with E-state index in [4.69, 9.17) is 0 Å². The summed E-state index contributed by atoms with van der Waals surface area (Å²) in [7, 11) is 0. The summed E-state index contributed by atoms with van der Waals surface area (Å²) in [5, 5.41) is 0. The normalized spacial score (nSPS) is 19.3. The van der Waals surface area contributed by atoms with Crippen LogP contribution in [0.15, 0.2) is 42.7 Å². The van der Waals surface area contributed by atoms with Gasteiger partial charge >= 0.3 is 0 Å². The highest BCUT2D eigenvalue weighted by molar-refractivity contribution is 5.71. The van der Waals surface area contributed by atoms with Gasteiger partial charge in [-0.2, -0.15) is 0 Å². The smallest absolute Gasteiger partial charge is 0.0308 e. The Morgan fingerprint density at radius 3 is 2.18 bits per heavy atom. The fraction of sp³-hybridized carbons (Fsp3) is 0.667. The van der Waals surface area contributed by atoms with Gasteiger partial charge in [-0.05, 0) is 71.8 Å². The highest BCUT2D eigenvalue weighted by atomic mass is 14.6. The number of hydrogen-bond donors (Lipinski definition) is 0. The van der Waals surface area contributed by atoms with Crippen molar-refractivity contribution in [2.24, 2.45) is 11.8 Å². The third-order valence-corrected chi connectivity index (χ3v) is 8.51. The van der Waals surface area contributed by atoms with Crippen molar-refractivity contribution in [3.05, 3.63) is 53.9 Å². The maximum Gasteiger partial charge on any atom is 0.0308 e. The van der Waals surface area contributed by atoms with Crippen LogP contribution in [0.25, 0.3) is 11.1 Å². The molecule has 1 fully saturated rings. The monoisotopic (exact) mass is 461 g/mol. The van der Waals surface area contributed by atoms with E-state index in [0.717, 1.165) is 11.8 Å². The van der Waals surface area contributed by atoms with Gasteiger partial charge < -0.3 is 0 Å². The van der Waals surface area contributed by atoms with Crippen molar-refractivity contribution in [2.45, 2.75) is 129 Å². The first-order valence-corrected chi connectivity index (χ1v) is 14.8. The largest absolute Gasteiger partial charge is 0.264 e. The SMILES string of the molecule is CCCCCCCc1ccccc1-c1ccncc1C(C)C1CCC(CCCCCCC)CC1. The third-order valence-electron chi connectivity index (χ3n) is 8.51. The molecule has 1 aliphatic carbocycles. The summed E-state index contributed by atoms with van der Waals surface area (Å²) in [5.74, 6) is 2.37. The maximum atomic E-state index is 4.59. The van der Waals surface area contributed by atoms with Crippen molar-refractivity contribution >= 4 is 0 Å². The first-order valence-electron chi connectivity index (χ1n) is 14.8. The van der Waals surface area contributed by atoms with Crippen LogP contribution >= 0.6 is 0 Å². The molecule has 0 spiro atoms. The Labute approximate surface area is 211 Å². The predicted octanol–water partition coefficient (Wildman–Crippen LogP) is 10.5. The molecular formula is C33H51N. The van der Waals surface area contributed by atoms with Gasteiger partial charge in [-0.25, -0.2) is 0 Å². The summed E-state index contributed by atoms with van der Waals surface area (Å²) < 4.78 is 0. The van der Waals surface area contributed by atoms with Gasteiger partial charge in [0, 0.05) is 12.4 Å². The van der Waals surface area contributed by atoms with Crippen molar-refractivity contribution < 1.29 is 0 Å². The molecule has 0 aliphatic heterocycles. The van der Waals surface area contributed by atoms with E-state index in [1.807, 2.05) is 6.20 Å². The number of rotatable bonds is 15. The van der Waals surface area contributed by atoms with Crippen LogP contribution in [0.3, 0.4) is 0 Å². The van der Waals surface area contributed by atoms with E-state index in [9.17, 15) is 0 Å². The third kappa shape index (κ3) is 8.24. The van der Waals surface area contributed by atoms with Gasteiger partial charge in [-0.15, -0.1) is 0 Å². The predicted molar refractivity (Wildman–Crippen MR) is 149 cm³/mol. The van der Waals surface area contributed by atoms with Gasteiger partial charge in [0.15, 0.2) is 0 Å². The molecule has 1 nitrogen and oxygen atoms in total. The highest BCUT2D eigenvalue weighted by Crippen LogP contribution is 2.42. The number of unbranched alkanes of at least 4 members (excludes halogenated alkanes) is 8. The lowest BCUT2D eigenvalue weighted by Crippen LogP contribution is -2.20. The number of aromatic nitrogens is 1. The molecule has 3 rings (SSSR count). The minimum atomic E-state index is 0.590. The van der Waals surface area contributed by atoms with Crippen molar-refractivity contribution in [3.63, 3.8) is 0 Å².